The van der Waals surface area contributed by atoms with Gasteiger partial charge >= 0.3 is 0 Å². The van der Waals surface area contributed by atoms with Crippen LogP contribution in [-0.4, -0.2) is 15.9 Å². The molecule has 0 aliphatic rings. The van der Waals surface area contributed by atoms with E-state index < -0.39 is 0 Å². The van der Waals surface area contributed by atoms with Gasteiger partial charge in [0.1, 0.15) is 0 Å². The normalized spacial score (nSPS) is 10.6. The first-order valence-corrected chi connectivity index (χ1v) is 8.42. The zero-order valence-corrected chi connectivity index (χ0v) is 14.1. The maximum Gasteiger partial charge on any atom is 0.251 e. The van der Waals surface area contributed by atoms with Crippen LogP contribution in [0.5, 0.6) is 0 Å². The third kappa shape index (κ3) is 3.44. The molecule has 0 atom stereocenters. The molecule has 2 heterocycles. The number of aromatic nitrogens is 2. The highest BCUT2D eigenvalue weighted by atomic mass is 16.1. The lowest BCUT2D eigenvalue weighted by Crippen LogP contribution is -2.22. The lowest BCUT2D eigenvalue weighted by Gasteiger charge is -2.08. The smallest absolute Gasteiger partial charge is 0.251 e. The quantitative estimate of drug-likeness (QED) is 0.605. The highest BCUT2D eigenvalue weighted by Crippen LogP contribution is 2.17. The molecule has 0 radical (unpaired) electrons. The molecule has 1 amide bonds. The zero-order valence-electron chi connectivity index (χ0n) is 14.1. The number of pyridine rings is 2. The largest absolute Gasteiger partial charge is 0.348 e. The van der Waals surface area contributed by atoms with Crippen molar-refractivity contribution in [2.75, 3.05) is 0 Å². The molecule has 0 spiro atoms. The second-order valence-corrected chi connectivity index (χ2v) is 6.04. The number of nitrogens with zero attached hydrogens (tertiary/aromatic N) is 2. The summed E-state index contributed by atoms with van der Waals surface area (Å²) >= 11 is 0. The van der Waals surface area contributed by atoms with Crippen LogP contribution in [0, 0.1) is 0 Å². The standard InChI is InChI=1S/C22H17N3O/c26-22(19-8-7-17-4-1-2-5-18(17)13-19)25-14-16-9-11-24-21(12-16)20-6-3-10-23-15-20/h1-13,15H,14H2,(H,25,26). The predicted molar refractivity (Wildman–Crippen MR) is 103 cm³/mol. The Morgan fingerprint density at radius 1 is 0.885 bits per heavy atom. The predicted octanol–water partition coefficient (Wildman–Crippen LogP) is 4.23. The van der Waals surface area contributed by atoms with Crippen molar-refractivity contribution < 1.29 is 4.79 Å². The van der Waals surface area contributed by atoms with Gasteiger partial charge in [-0.3, -0.25) is 14.8 Å². The van der Waals surface area contributed by atoms with Gasteiger partial charge in [-0.25, -0.2) is 0 Å². The van der Waals surface area contributed by atoms with Crippen molar-refractivity contribution in [2.24, 2.45) is 0 Å². The van der Waals surface area contributed by atoms with E-state index in [1.165, 1.54) is 0 Å². The highest BCUT2D eigenvalue weighted by molar-refractivity contribution is 5.98. The number of fused-ring (bicyclic) bond motifs is 1. The fraction of sp³-hybridized carbons (Fsp3) is 0.0455. The molecule has 126 valence electrons. The van der Waals surface area contributed by atoms with E-state index in [0.29, 0.717) is 12.1 Å². The van der Waals surface area contributed by atoms with Crippen molar-refractivity contribution >= 4 is 16.7 Å². The molecule has 26 heavy (non-hydrogen) atoms. The summed E-state index contributed by atoms with van der Waals surface area (Å²) in [7, 11) is 0. The molecule has 0 fully saturated rings. The molecular formula is C22H17N3O. The summed E-state index contributed by atoms with van der Waals surface area (Å²) in [6.07, 6.45) is 5.26. The van der Waals surface area contributed by atoms with E-state index in [1.54, 1.807) is 18.6 Å². The number of amides is 1. The fourth-order valence-corrected chi connectivity index (χ4v) is 2.87. The lowest BCUT2D eigenvalue weighted by atomic mass is 10.1. The number of carbonyl (C=O) groups is 1. The highest BCUT2D eigenvalue weighted by Gasteiger charge is 2.07. The van der Waals surface area contributed by atoms with Crippen LogP contribution in [0.4, 0.5) is 0 Å². The maximum absolute atomic E-state index is 12.5. The minimum atomic E-state index is -0.0875. The molecule has 0 saturated carbocycles. The van der Waals surface area contributed by atoms with Gasteiger partial charge in [0.25, 0.3) is 5.91 Å². The molecule has 0 saturated heterocycles. The number of hydrogen-bond acceptors (Lipinski definition) is 3. The summed E-state index contributed by atoms with van der Waals surface area (Å²) in [5, 5.41) is 5.16. The van der Waals surface area contributed by atoms with Gasteiger partial charge in [-0.1, -0.05) is 30.3 Å². The first-order chi connectivity index (χ1) is 12.8. The van der Waals surface area contributed by atoms with Crippen LogP contribution in [0.2, 0.25) is 0 Å². The van der Waals surface area contributed by atoms with Crippen LogP contribution in [0.1, 0.15) is 15.9 Å². The van der Waals surface area contributed by atoms with Crippen molar-refractivity contribution in [1.29, 1.82) is 0 Å². The van der Waals surface area contributed by atoms with Crippen molar-refractivity contribution in [2.45, 2.75) is 6.54 Å². The molecule has 2 aromatic heterocycles. The van der Waals surface area contributed by atoms with Gasteiger partial charge in [0.05, 0.1) is 5.69 Å². The van der Waals surface area contributed by atoms with Crippen molar-refractivity contribution in [1.82, 2.24) is 15.3 Å². The minimum absolute atomic E-state index is 0.0875. The summed E-state index contributed by atoms with van der Waals surface area (Å²) in [4.78, 5) is 21.0. The number of rotatable bonds is 4. The van der Waals surface area contributed by atoms with Crippen molar-refractivity contribution in [3.05, 3.63) is 96.4 Å². The minimum Gasteiger partial charge on any atom is -0.348 e. The average molecular weight is 339 g/mol. The van der Waals surface area contributed by atoms with Gasteiger partial charge in [-0.15, -0.1) is 0 Å². The van der Waals surface area contributed by atoms with Crippen LogP contribution >= 0.6 is 0 Å². The van der Waals surface area contributed by atoms with Crippen LogP contribution in [0.15, 0.2) is 85.3 Å². The maximum atomic E-state index is 12.5. The van der Waals surface area contributed by atoms with Crippen LogP contribution in [0.25, 0.3) is 22.0 Å². The second-order valence-electron chi connectivity index (χ2n) is 6.04. The summed E-state index contributed by atoms with van der Waals surface area (Å²) in [5.41, 5.74) is 3.45. The molecule has 2 aromatic carbocycles. The SMILES string of the molecule is O=C(NCc1ccnc(-c2cccnc2)c1)c1ccc2ccccc2c1. The molecule has 4 heteroatoms. The fourth-order valence-electron chi connectivity index (χ4n) is 2.87. The average Bonchev–Trinajstić information content (AvgIpc) is 2.72. The van der Waals surface area contributed by atoms with Gasteiger partial charge in [0.2, 0.25) is 0 Å². The van der Waals surface area contributed by atoms with Crippen molar-refractivity contribution in [3.63, 3.8) is 0 Å². The van der Waals surface area contributed by atoms with Gasteiger partial charge in [0.15, 0.2) is 0 Å². The van der Waals surface area contributed by atoms with Gasteiger partial charge in [0, 0.05) is 36.3 Å². The Hall–Kier alpha value is -3.53. The topological polar surface area (TPSA) is 54.9 Å². The molecule has 0 aliphatic heterocycles. The lowest BCUT2D eigenvalue weighted by molar-refractivity contribution is 0.0951. The number of benzene rings is 2. The summed E-state index contributed by atoms with van der Waals surface area (Å²) in [5.74, 6) is -0.0875. The van der Waals surface area contributed by atoms with E-state index in [4.69, 9.17) is 0 Å². The number of carbonyl (C=O) groups excluding carboxylic acids is 1. The Labute approximate surface area is 151 Å². The Bertz CT molecular complexity index is 1060. The Morgan fingerprint density at radius 2 is 1.77 bits per heavy atom. The van der Waals surface area contributed by atoms with Gasteiger partial charge in [-0.2, -0.15) is 0 Å². The van der Waals surface area contributed by atoms with Crippen LogP contribution < -0.4 is 5.32 Å². The van der Waals surface area contributed by atoms with E-state index in [1.807, 2.05) is 66.7 Å². The third-order valence-electron chi connectivity index (χ3n) is 4.25. The summed E-state index contributed by atoms with van der Waals surface area (Å²) < 4.78 is 0. The van der Waals surface area contributed by atoms with E-state index in [0.717, 1.165) is 27.6 Å². The van der Waals surface area contributed by atoms with E-state index in [2.05, 4.69) is 15.3 Å². The molecule has 0 aliphatic carbocycles. The van der Waals surface area contributed by atoms with Gasteiger partial charge in [-0.05, 0) is 52.7 Å². The van der Waals surface area contributed by atoms with Crippen LogP contribution in [0.3, 0.4) is 0 Å². The molecule has 1 N–H and O–H groups in total. The zero-order chi connectivity index (χ0) is 17.8. The number of nitrogens with one attached hydrogen (secondary N) is 1. The van der Waals surface area contributed by atoms with E-state index in [-0.39, 0.29) is 5.91 Å². The van der Waals surface area contributed by atoms with Gasteiger partial charge < -0.3 is 5.32 Å². The second kappa shape index (κ2) is 7.15. The van der Waals surface area contributed by atoms with Crippen molar-refractivity contribution in [3.8, 4) is 11.3 Å². The number of hydrogen-bond donors (Lipinski definition) is 1. The molecule has 4 nitrogen and oxygen atoms in total. The van der Waals surface area contributed by atoms with E-state index in [9.17, 15) is 4.79 Å². The Balaban J connectivity index is 1.49. The molecule has 4 aromatic rings. The Morgan fingerprint density at radius 3 is 2.62 bits per heavy atom. The monoisotopic (exact) mass is 339 g/mol. The molecule has 4 rings (SSSR count). The first kappa shape index (κ1) is 16.0. The van der Waals surface area contributed by atoms with Crippen LogP contribution in [-0.2, 0) is 6.54 Å². The molecule has 0 unspecified atom stereocenters. The first-order valence-electron chi connectivity index (χ1n) is 8.42. The summed E-state index contributed by atoms with van der Waals surface area (Å²) in [6.45, 7) is 0.446. The third-order valence-corrected chi connectivity index (χ3v) is 4.25. The Kier molecular flexibility index (Phi) is 4.39. The molecule has 0 bridgehead atoms. The molecular weight excluding hydrogens is 322 g/mol. The summed E-state index contributed by atoms with van der Waals surface area (Å²) in [6, 6.07) is 21.5. The van der Waals surface area contributed by atoms with E-state index >= 15 is 0 Å².